The van der Waals surface area contributed by atoms with Crippen molar-refractivity contribution in [3.63, 3.8) is 0 Å². The molecule has 0 saturated carbocycles. The number of carbonyl (C=O) groups is 1. The maximum Gasteiger partial charge on any atom is 0.217 e. The topological polar surface area (TPSA) is 163 Å². The lowest BCUT2D eigenvalue weighted by Crippen LogP contribution is -2.64. The first-order chi connectivity index (χ1) is 17.3. The molecule has 1 aliphatic rings. The van der Waals surface area contributed by atoms with E-state index in [-0.39, 0.29) is 13.2 Å². The number of aliphatic hydroxyl groups is 3. The number of benzene rings is 1. The van der Waals surface area contributed by atoms with Crippen LogP contribution in [0.15, 0.2) is 29.3 Å². The van der Waals surface area contributed by atoms with Crippen LogP contribution in [-0.4, -0.2) is 108 Å². The Labute approximate surface area is 220 Å². The Morgan fingerprint density at radius 1 is 1.11 bits per heavy atom. The zero-order valence-corrected chi connectivity index (χ0v) is 21.4. The molecule has 36 heavy (non-hydrogen) atoms. The SMILES string of the molecule is CC(=O)NC1[C@H](OCCOCCOCCNC(=S)Nc2ccc(N=C=S)cc2)OC(CO)[C@H](O)[C@@H]1O. The van der Waals surface area contributed by atoms with Crippen molar-refractivity contribution in [3.8, 4) is 0 Å². The van der Waals surface area contributed by atoms with Crippen molar-refractivity contribution in [2.45, 2.75) is 37.6 Å². The van der Waals surface area contributed by atoms with Gasteiger partial charge >= 0.3 is 0 Å². The number of carbonyl (C=O) groups excluding carboxylic acids is 1. The second kappa shape index (κ2) is 16.6. The number of amides is 1. The molecule has 2 unspecified atom stereocenters. The van der Waals surface area contributed by atoms with Gasteiger partial charge in [-0.05, 0) is 48.7 Å². The van der Waals surface area contributed by atoms with E-state index in [0.29, 0.717) is 37.2 Å². The first-order valence-electron chi connectivity index (χ1n) is 11.2. The summed E-state index contributed by atoms with van der Waals surface area (Å²) in [5, 5.41) is 40.9. The number of hydrogen-bond donors (Lipinski definition) is 6. The lowest BCUT2D eigenvalue weighted by Gasteiger charge is -2.42. The first-order valence-corrected chi connectivity index (χ1v) is 12.1. The zero-order chi connectivity index (χ0) is 26.3. The van der Waals surface area contributed by atoms with Gasteiger partial charge in [0, 0.05) is 19.2 Å². The number of anilines is 1. The number of thiocarbonyl (C=S) groups is 2. The maximum absolute atomic E-state index is 11.4. The molecule has 0 bridgehead atoms. The molecule has 6 N–H and O–H groups in total. The van der Waals surface area contributed by atoms with Gasteiger partial charge in [0.15, 0.2) is 11.4 Å². The van der Waals surface area contributed by atoms with Crippen LogP contribution in [0.1, 0.15) is 6.92 Å². The standard InChI is InChI=1S/C22H32N4O8S2/c1-14(28)25-18-20(30)19(29)17(12-27)34-21(18)33-11-10-32-9-8-31-7-6-23-22(36)26-16-4-2-15(3-5-16)24-13-35/h2-5,17-21,27,29-30H,6-12H2,1H3,(H,25,28)(H2,23,26,36)/t17?,18?,19-,20+,21+/m0/s1. The average Bonchev–Trinajstić information content (AvgIpc) is 2.85. The molecule has 5 atom stereocenters. The minimum absolute atomic E-state index is 0.0993. The third kappa shape index (κ3) is 10.5. The number of nitrogens with zero attached hydrogens (tertiary/aromatic N) is 1. The van der Waals surface area contributed by atoms with Gasteiger partial charge < -0.3 is 50.2 Å². The van der Waals surface area contributed by atoms with Gasteiger partial charge in [-0.1, -0.05) is 0 Å². The molecule has 1 amide bonds. The summed E-state index contributed by atoms with van der Waals surface area (Å²) in [4.78, 5) is 15.3. The van der Waals surface area contributed by atoms with Gasteiger partial charge in [0.05, 0.1) is 50.5 Å². The molecule has 1 aromatic carbocycles. The molecule has 1 aliphatic heterocycles. The highest BCUT2D eigenvalue weighted by Crippen LogP contribution is 2.22. The highest BCUT2D eigenvalue weighted by molar-refractivity contribution is 7.80. The summed E-state index contributed by atoms with van der Waals surface area (Å²) in [7, 11) is 0. The van der Waals surface area contributed by atoms with Crippen LogP contribution in [0, 0.1) is 0 Å². The fraction of sp³-hybridized carbons (Fsp3) is 0.591. The van der Waals surface area contributed by atoms with E-state index in [1.165, 1.54) is 6.92 Å². The van der Waals surface area contributed by atoms with Crippen LogP contribution in [0.3, 0.4) is 0 Å². The van der Waals surface area contributed by atoms with Crippen LogP contribution < -0.4 is 16.0 Å². The molecule has 14 heteroatoms. The number of ether oxygens (including phenoxy) is 4. The molecule has 0 aliphatic carbocycles. The molecule has 1 heterocycles. The minimum atomic E-state index is -1.36. The van der Waals surface area contributed by atoms with Crippen LogP contribution in [-0.2, 0) is 23.7 Å². The number of isothiocyanates is 1. The second-order valence-electron chi connectivity index (χ2n) is 7.66. The monoisotopic (exact) mass is 544 g/mol. The molecule has 1 fully saturated rings. The average molecular weight is 545 g/mol. The van der Waals surface area contributed by atoms with E-state index in [4.69, 9.17) is 31.2 Å². The van der Waals surface area contributed by atoms with Gasteiger partial charge in [-0.25, -0.2) is 0 Å². The molecule has 1 saturated heterocycles. The lowest BCUT2D eigenvalue weighted by molar-refractivity contribution is -0.272. The Morgan fingerprint density at radius 3 is 2.42 bits per heavy atom. The van der Waals surface area contributed by atoms with Gasteiger partial charge in [0.25, 0.3) is 0 Å². The third-order valence-corrected chi connectivity index (χ3v) is 5.30. The number of aliphatic hydroxyl groups excluding tert-OH is 3. The van der Waals surface area contributed by atoms with Crippen molar-refractivity contribution in [2.24, 2.45) is 4.99 Å². The van der Waals surface area contributed by atoms with Crippen LogP contribution in [0.2, 0.25) is 0 Å². The molecule has 2 rings (SSSR count). The van der Waals surface area contributed by atoms with Crippen LogP contribution >= 0.6 is 24.4 Å². The number of aliphatic imine (C=N–C) groups is 1. The predicted molar refractivity (Wildman–Crippen MR) is 138 cm³/mol. The largest absolute Gasteiger partial charge is 0.394 e. The summed E-state index contributed by atoms with van der Waals surface area (Å²) in [6.45, 7) is 2.68. The summed E-state index contributed by atoms with van der Waals surface area (Å²) >= 11 is 9.81. The van der Waals surface area contributed by atoms with Crippen LogP contribution in [0.25, 0.3) is 0 Å². The van der Waals surface area contributed by atoms with Gasteiger partial charge in [0.1, 0.15) is 24.4 Å². The molecule has 1 aromatic rings. The highest BCUT2D eigenvalue weighted by Gasteiger charge is 2.45. The Hall–Kier alpha value is -2.10. The fourth-order valence-electron chi connectivity index (χ4n) is 3.24. The Morgan fingerprint density at radius 2 is 1.78 bits per heavy atom. The molecule has 0 spiro atoms. The molecule has 0 aromatic heterocycles. The third-order valence-electron chi connectivity index (χ3n) is 4.96. The summed E-state index contributed by atoms with van der Waals surface area (Å²) < 4.78 is 21.9. The van der Waals surface area contributed by atoms with E-state index in [0.717, 1.165) is 5.69 Å². The lowest BCUT2D eigenvalue weighted by atomic mass is 9.97. The van der Waals surface area contributed by atoms with E-state index >= 15 is 0 Å². The van der Waals surface area contributed by atoms with Crippen molar-refractivity contribution in [1.82, 2.24) is 10.6 Å². The Bertz CT molecular complexity index is 872. The van der Waals surface area contributed by atoms with Gasteiger partial charge in [-0.3, -0.25) is 4.79 Å². The van der Waals surface area contributed by atoms with E-state index in [9.17, 15) is 20.1 Å². The zero-order valence-electron chi connectivity index (χ0n) is 19.8. The maximum atomic E-state index is 11.4. The summed E-state index contributed by atoms with van der Waals surface area (Å²) in [5.74, 6) is -0.419. The predicted octanol–water partition coefficient (Wildman–Crippen LogP) is -0.299. The summed E-state index contributed by atoms with van der Waals surface area (Å²) in [6.07, 6.45) is -4.80. The molecule has 12 nitrogen and oxygen atoms in total. The quantitative estimate of drug-likeness (QED) is 0.103. The van der Waals surface area contributed by atoms with Crippen molar-refractivity contribution < 1.29 is 39.1 Å². The van der Waals surface area contributed by atoms with Crippen molar-refractivity contribution in [1.29, 1.82) is 0 Å². The van der Waals surface area contributed by atoms with Crippen LogP contribution in [0.4, 0.5) is 11.4 Å². The number of nitrogens with one attached hydrogen (secondary N) is 3. The molecule has 0 radical (unpaired) electrons. The van der Waals surface area contributed by atoms with Gasteiger partial charge in [-0.15, -0.1) is 0 Å². The highest BCUT2D eigenvalue weighted by atomic mass is 32.1. The summed E-state index contributed by atoms with van der Waals surface area (Å²) in [5.41, 5.74) is 1.52. The van der Waals surface area contributed by atoms with Crippen molar-refractivity contribution >= 4 is 52.0 Å². The number of rotatable bonds is 14. The molecule has 200 valence electrons. The van der Waals surface area contributed by atoms with Crippen molar-refractivity contribution in [3.05, 3.63) is 24.3 Å². The van der Waals surface area contributed by atoms with Crippen LogP contribution in [0.5, 0.6) is 0 Å². The molecular formula is C22H32N4O8S2. The molecular weight excluding hydrogens is 512 g/mol. The Balaban J connectivity index is 1.54. The van der Waals surface area contributed by atoms with Gasteiger partial charge in [0.2, 0.25) is 5.91 Å². The van der Waals surface area contributed by atoms with E-state index < -0.39 is 43.2 Å². The fourth-order valence-corrected chi connectivity index (χ4v) is 3.57. The Kier molecular flexibility index (Phi) is 13.9. The summed E-state index contributed by atoms with van der Waals surface area (Å²) in [6, 6.07) is 6.26. The smallest absolute Gasteiger partial charge is 0.217 e. The van der Waals surface area contributed by atoms with Crippen molar-refractivity contribution in [2.75, 3.05) is 51.5 Å². The number of hydrogen-bond acceptors (Lipinski definition) is 11. The van der Waals surface area contributed by atoms with E-state index in [1.54, 1.807) is 12.1 Å². The van der Waals surface area contributed by atoms with E-state index in [1.807, 2.05) is 12.1 Å². The minimum Gasteiger partial charge on any atom is -0.394 e. The van der Waals surface area contributed by atoms with E-state index in [2.05, 4.69) is 38.3 Å². The first kappa shape index (κ1) is 30.1. The normalized spacial score (nSPS) is 23.4. The van der Waals surface area contributed by atoms with Gasteiger partial charge in [-0.2, -0.15) is 4.99 Å². The second-order valence-corrected chi connectivity index (χ2v) is 8.25.